The van der Waals surface area contributed by atoms with Crippen molar-refractivity contribution in [2.24, 2.45) is 0 Å². The van der Waals surface area contributed by atoms with Crippen molar-refractivity contribution in [3.63, 3.8) is 0 Å². The number of fused-ring (bicyclic) bond motifs is 1. The first-order valence-corrected chi connectivity index (χ1v) is 10.9. The average molecular weight is 443 g/mol. The number of nitrogens with one attached hydrogen (secondary N) is 1. The van der Waals surface area contributed by atoms with Gasteiger partial charge in [-0.25, -0.2) is 4.18 Å². The van der Waals surface area contributed by atoms with Crippen LogP contribution in [0, 0.1) is 6.92 Å². The third kappa shape index (κ3) is 5.68. The van der Waals surface area contributed by atoms with E-state index in [2.05, 4.69) is 13.4 Å². The van der Waals surface area contributed by atoms with E-state index in [4.69, 9.17) is 13.8 Å². The van der Waals surface area contributed by atoms with Crippen LogP contribution in [0.15, 0.2) is 42.5 Å². The monoisotopic (exact) mass is 443 g/mol. The molecule has 0 aliphatic rings. The van der Waals surface area contributed by atoms with Crippen molar-refractivity contribution in [3.8, 4) is 22.8 Å². The Morgan fingerprint density at radius 3 is 2.17 bits per heavy atom. The highest BCUT2D eigenvalue weighted by molar-refractivity contribution is 7.81. The molecule has 0 saturated carbocycles. The molecule has 3 rings (SSSR count). The molecule has 3 aromatic rings. The lowest BCUT2D eigenvalue weighted by Crippen LogP contribution is -2.11. The first kappa shape index (κ1) is 21.1. The Hall–Kier alpha value is -2.64. The normalized spacial score (nSPS) is 12.2. The zero-order valence-corrected chi connectivity index (χ0v) is 16.7. The van der Waals surface area contributed by atoms with Crippen LogP contribution in [0.4, 0.5) is 0 Å². The first-order valence-electron chi connectivity index (χ1n) is 8.16. The molecule has 0 aliphatic heterocycles. The molecule has 29 heavy (non-hydrogen) atoms. The van der Waals surface area contributed by atoms with Crippen LogP contribution < -0.4 is 8.92 Å². The van der Waals surface area contributed by atoms with Crippen molar-refractivity contribution in [2.45, 2.75) is 6.92 Å². The van der Waals surface area contributed by atoms with Crippen molar-refractivity contribution in [1.82, 2.24) is 4.98 Å². The van der Waals surface area contributed by atoms with E-state index in [-0.39, 0.29) is 19.0 Å². The maximum Gasteiger partial charge on any atom is 0.446 e. The molecule has 0 spiro atoms. The van der Waals surface area contributed by atoms with Gasteiger partial charge in [-0.15, -0.1) is 0 Å². The Morgan fingerprint density at radius 2 is 1.55 bits per heavy atom. The van der Waals surface area contributed by atoms with Gasteiger partial charge in [0.15, 0.2) is 0 Å². The van der Waals surface area contributed by atoms with Crippen molar-refractivity contribution < 1.29 is 39.0 Å². The van der Waals surface area contributed by atoms with Crippen LogP contribution in [0.3, 0.4) is 0 Å². The fraction of sp³-hybridized carbons (Fsp3) is 0.176. The van der Waals surface area contributed by atoms with Gasteiger partial charge in [0.05, 0.1) is 0 Å². The van der Waals surface area contributed by atoms with E-state index >= 15 is 0 Å². The average Bonchev–Trinajstić information content (AvgIpc) is 2.94. The van der Waals surface area contributed by atoms with Gasteiger partial charge in [0.1, 0.15) is 24.7 Å². The molecule has 0 amide bonds. The van der Waals surface area contributed by atoms with E-state index in [0.717, 1.165) is 27.7 Å². The van der Waals surface area contributed by atoms with Crippen LogP contribution in [0.5, 0.6) is 11.5 Å². The minimum atomic E-state index is -4.58. The number of hydrogen-bond acceptors (Lipinski definition) is 7. The van der Waals surface area contributed by atoms with E-state index in [1.807, 2.05) is 6.92 Å². The van der Waals surface area contributed by atoms with Crippen LogP contribution in [0.25, 0.3) is 22.2 Å². The number of hydrogen-bond donors (Lipinski definition) is 3. The second kappa shape index (κ2) is 8.00. The maximum absolute atomic E-state index is 10.8. The number of ether oxygens (including phenoxy) is 1. The molecule has 2 aromatic carbocycles. The second-order valence-electron chi connectivity index (χ2n) is 5.97. The molecule has 0 aliphatic carbocycles. The van der Waals surface area contributed by atoms with Crippen molar-refractivity contribution in [1.29, 1.82) is 0 Å². The van der Waals surface area contributed by atoms with Gasteiger partial charge >= 0.3 is 20.8 Å². The predicted octanol–water partition coefficient (Wildman–Crippen LogP) is 2.52. The van der Waals surface area contributed by atoms with Gasteiger partial charge in [-0.3, -0.25) is 9.11 Å². The molecule has 10 nitrogen and oxygen atoms in total. The molecule has 1 aromatic heterocycles. The van der Waals surface area contributed by atoms with E-state index in [9.17, 15) is 16.8 Å². The molecule has 0 radical (unpaired) electrons. The summed E-state index contributed by atoms with van der Waals surface area (Å²) in [5, 5.41) is 0.867. The topological polar surface area (TPSA) is 152 Å². The lowest BCUT2D eigenvalue weighted by molar-refractivity contribution is 0.202. The van der Waals surface area contributed by atoms with Crippen LogP contribution in [0.1, 0.15) is 5.56 Å². The summed E-state index contributed by atoms with van der Waals surface area (Å²) in [6.45, 7) is 1.49. The first-order chi connectivity index (χ1) is 13.5. The molecular formula is C17H17NO9S2. The molecule has 156 valence electrons. The third-order valence-electron chi connectivity index (χ3n) is 3.96. The van der Waals surface area contributed by atoms with E-state index < -0.39 is 20.8 Å². The fourth-order valence-corrected chi connectivity index (χ4v) is 3.41. The summed E-state index contributed by atoms with van der Waals surface area (Å²) >= 11 is 0. The van der Waals surface area contributed by atoms with Gasteiger partial charge < -0.3 is 13.9 Å². The van der Waals surface area contributed by atoms with Crippen molar-refractivity contribution in [3.05, 3.63) is 48.0 Å². The Morgan fingerprint density at radius 1 is 0.897 bits per heavy atom. The van der Waals surface area contributed by atoms with Crippen molar-refractivity contribution >= 4 is 31.7 Å². The van der Waals surface area contributed by atoms with Gasteiger partial charge in [0.2, 0.25) is 0 Å². The Bertz CT molecular complexity index is 1230. The molecule has 1 heterocycles. The van der Waals surface area contributed by atoms with Crippen LogP contribution >= 0.6 is 0 Å². The molecule has 3 N–H and O–H groups in total. The van der Waals surface area contributed by atoms with Gasteiger partial charge in [0.25, 0.3) is 0 Å². The van der Waals surface area contributed by atoms with Gasteiger partial charge in [0, 0.05) is 16.6 Å². The molecule has 0 bridgehead atoms. The molecule has 0 fully saturated rings. The number of benzene rings is 2. The minimum Gasteiger partial charge on any atom is -0.491 e. The standard InChI is InChI=1S/C17H17NO9S2/c1-11-15-10-14(25-8-9-26-28(19,20)21)6-7-16(15)18-17(11)12-2-4-13(5-3-12)27-29(22,23)24/h2-7,10,18H,8-9H2,1H3,(H,19,20,21)(H,22,23,24). The zero-order chi connectivity index (χ0) is 21.2. The summed E-state index contributed by atoms with van der Waals surface area (Å²) < 4.78 is 73.8. The summed E-state index contributed by atoms with van der Waals surface area (Å²) in [7, 11) is -9.09. The highest BCUT2D eigenvalue weighted by atomic mass is 32.3. The van der Waals surface area contributed by atoms with Crippen molar-refractivity contribution in [2.75, 3.05) is 13.2 Å². The maximum atomic E-state index is 10.8. The summed E-state index contributed by atoms with van der Waals surface area (Å²) in [5.74, 6) is 0.467. The number of aryl methyl sites for hydroxylation is 1. The molecule has 0 saturated heterocycles. The van der Waals surface area contributed by atoms with E-state index in [0.29, 0.717) is 5.75 Å². The molecule has 0 unspecified atom stereocenters. The molecule has 12 heteroatoms. The third-order valence-corrected chi connectivity index (χ3v) is 4.83. The quantitative estimate of drug-likeness (QED) is 0.352. The zero-order valence-electron chi connectivity index (χ0n) is 15.0. The smallest absolute Gasteiger partial charge is 0.446 e. The highest BCUT2D eigenvalue weighted by Gasteiger charge is 2.12. The molecular weight excluding hydrogens is 426 g/mol. The van der Waals surface area contributed by atoms with E-state index in [1.54, 1.807) is 30.3 Å². The summed E-state index contributed by atoms with van der Waals surface area (Å²) in [5.41, 5.74) is 3.30. The minimum absolute atomic E-state index is 0.0205. The number of aromatic nitrogens is 1. The van der Waals surface area contributed by atoms with Crippen LogP contribution in [-0.4, -0.2) is 44.1 Å². The lowest BCUT2D eigenvalue weighted by atomic mass is 10.1. The number of rotatable bonds is 8. The van der Waals surface area contributed by atoms with Gasteiger partial charge in [-0.2, -0.15) is 16.8 Å². The van der Waals surface area contributed by atoms with Gasteiger partial charge in [-0.1, -0.05) is 0 Å². The van der Waals surface area contributed by atoms with Crippen LogP contribution in [-0.2, 0) is 25.0 Å². The Labute approximate surface area is 166 Å². The fourth-order valence-electron chi connectivity index (χ4n) is 2.78. The Kier molecular flexibility index (Phi) is 5.82. The van der Waals surface area contributed by atoms with Crippen LogP contribution in [0.2, 0.25) is 0 Å². The molecule has 0 atom stereocenters. The highest BCUT2D eigenvalue weighted by Crippen LogP contribution is 2.32. The number of aromatic amines is 1. The lowest BCUT2D eigenvalue weighted by Gasteiger charge is -2.06. The Balaban J connectivity index is 1.79. The van der Waals surface area contributed by atoms with Gasteiger partial charge in [-0.05, 0) is 60.5 Å². The summed E-state index contributed by atoms with van der Waals surface area (Å²) in [6, 6.07) is 11.4. The largest absolute Gasteiger partial charge is 0.491 e. The summed E-state index contributed by atoms with van der Waals surface area (Å²) in [6.07, 6.45) is 0. The summed E-state index contributed by atoms with van der Waals surface area (Å²) in [4.78, 5) is 3.26. The number of H-pyrrole nitrogens is 1. The second-order valence-corrected chi connectivity index (χ2v) is 8.08. The predicted molar refractivity (Wildman–Crippen MR) is 104 cm³/mol. The van der Waals surface area contributed by atoms with E-state index in [1.165, 1.54) is 12.1 Å². The SMILES string of the molecule is Cc1c(-c2ccc(OS(=O)(=O)O)cc2)[nH]c2ccc(OCCOS(=O)(=O)O)cc12.